The molecule has 0 amide bonds. The number of hydrogen-bond donors (Lipinski definition) is 0. The van der Waals surface area contributed by atoms with Crippen molar-refractivity contribution in [1.29, 1.82) is 0 Å². The Hall–Kier alpha value is -1.02. The highest BCUT2D eigenvalue weighted by atomic mass is 32.1. The van der Waals surface area contributed by atoms with E-state index in [1.165, 1.54) is 21.2 Å². The molecule has 0 aliphatic rings. The van der Waals surface area contributed by atoms with Gasteiger partial charge < -0.3 is 4.74 Å². The van der Waals surface area contributed by atoms with Crippen molar-refractivity contribution in [2.24, 2.45) is 0 Å². The van der Waals surface area contributed by atoms with Crippen LogP contribution in [0.1, 0.15) is 11.1 Å². The Bertz CT molecular complexity index is 443. The third kappa shape index (κ3) is 1.22. The number of fused-ring (bicyclic) bond motifs is 1. The monoisotopic (exact) mass is 192 g/mol. The molecule has 1 heterocycles. The van der Waals surface area contributed by atoms with Gasteiger partial charge in [0, 0.05) is 0 Å². The van der Waals surface area contributed by atoms with E-state index in [0.29, 0.717) is 0 Å². The van der Waals surface area contributed by atoms with Crippen LogP contribution in [0.25, 0.3) is 10.1 Å². The molecule has 2 heteroatoms. The van der Waals surface area contributed by atoms with Crippen LogP contribution in [0.5, 0.6) is 5.75 Å². The molecule has 1 aromatic carbocycles. The summed E-state index contributed by atoms with van der Waals surface area (Å²) in [6.45, 7) is 4.22. The standard InChI is InChI=1S/C11H12OS/c1-7-6-9-4-5-13-11(9)10(12-3)8(7)2/h4-6H,1-3H3. The molecule has 0 bridgehead atoms. The van der Waals surface area contributed by atoms with E-state index in [1.807, 2.05) is 0 Å². The van der Waals surface area contributed by atoms with Crippen LogP contribution >= 0.6 is 11.3 Å². The summed E-state index contributed by atoms with van der Waals surface area (Å²) in [5.74, 6) is 1.03. The summed E-state index contributed by atoms with van der Waals surface area (Å²) in [6.07, 6.45) is 0. The summed E-state index contributed by atoms with van der Waals surface area (Å²) in [6, 6.07) is 4.35. The lowest BCUT2D eigenvalue weighted by Crippen LogP contribution is -1.89. The zero-order valence-corrected chi connectivity index (χ0v) is 8.87. The maximum Gasteiger partial charge on any atom is 0.139 e. The number of thiophene rings is 1. The Kier molecular flexibility index (Phi) is 2.00. The predicted octanol–water partition coefficient (Wildman–Crippen LogP) is 3.53. The van der Waals surface area contributed by atoms with Crippen molar-refractivity contribution >= 4 is 21.4 Å². The number of ether oxygens (including phenoxy) is 1. The zero-order valence-electron chi connectivity index (χ0n) is 8.05. The third-order valence-electron chi connectivity index (χ3n) is 2.41. The van der Waals surface area contributed by atoms with Crippen molar-refractivity contribution in [3.63, 3.8) is 0 Å². The van der Waals surface area contributed by atoms with Crippen LogP contribution in [-0.2, 0) is 0 Å². The number of methoxy groups -OCH3 is 1. The molecule has 0 radical (unpaired) electrons. The molecule has 0 N–H and O–H groups in total. The predicted molar refractivity (Wildman–Crippen MR) is 57.9 cm³/mol. The van der Waals surface area contributed by atoms with Gasteiger partial charge in [-0.3, -0.25) is 0 Å². The molecule has 0 aliphatic carbocycles. The van der Waals surface area contributed by atoms with Gasteiger partial charge in [-0.2, -0.15) is 0 Å². The van der Waals surface area contributed by atoms with Crippen molar-refractivity contribution in [2.45, 2.75) is 13.8 Å². The highest BCUT2D eigenvalue weighted by Gasteiger charge is 2.08. The minimum atomic E-state index is 1.03. The van der Waals surface area contributed by atoms with E-state index in [2.05, 4.69) is 31.4 Å². The minimum absolute atomic E-state index is 1.03. The average molecular weight is 192 g/mol. The van der Waals surface area contributed by atoms with Crippen molar-refractivity contribution in [1.82, 2.24) is 0 Å². The maximum absolute atomic E-state index is 5.41. The van der Waals surface area contributed by atoms with Crippen LogP contribution in [0.15, 0.2) is 17.5 Å². The van der Waals surface area contributed by atoms with Gasteiger partial charge in [-0.1, -0.05) is 6.07 Å². The van der Waals surface area contributed by atoms with Crippen LogP contribution in [0, 0.1) is 13.8 Å². The summed E-state index contributed by atoms with van der Waals surface area (Å²) in [7, 11) is 1.74. The van der Waals surface area contributed by atoms with Crippen molar-refractivity contribution in [2.75, 3.05) is 7.11 Å². The zero-order chi connectivity index (χ0) is 9.42. The van der Waals surface area contributed by atoms with E-state index < -0.39 is 0 Å². The normalized spacial score (nSPS) is 10.7. The van der Waals surface area contributed by atoms with E-state index >= 15 is 0 Å². The second kappa shape index (κ2) is 3.04. The van der Waals surface area contributed by atoms with Gasteiger partial charge in [-0.15, -0.1) is 11.3 Å². The Labute approximate surface area is 82.0 Å². The second-order valence-corrected chi connectivity index (χ2v) is 4.11. The number of hydrogen-bond acceptors (Lipinski definition) is 2. The van der Waals surface area contributed by atoms with Crippen LogP contribution in [0.2, 0.25) is 0 Å². The minimum Gasteiger partial charge on any atom is -0.495 e. The fraction of sp³-hybridized carbons (Fsp3) is 0.273. The lowest BCUT2D eigenvalue weighted by atomic mass is 10.1. The molecule has 0 fully saturated rings. The van der Waals surface area contributed by atoms with Crippen LogP contribution in [0.4, 0.5) is 0 Å². The lowest BCUT2D eigenvalue weighted by molar-refractivity contribution is 0.417. The second-order valence-electron chi connectivity index (χ2n) is 3.19. The molecule has 2 rings (SSSR count). The molecule has 1 aromatic heterocycles. The highest BCUT2D eigenvalue weighted by molar-refractivity contribution is 7.17. The first-order valence-corrected chi connectivity index (χ1v) is 5.13. The fourth-order valence-electron chi connectivity index (χ4n) is 1.55. The van der Waals surface area contributed by atoms with Gasteiger partial charge in [0.15, 0.2) is 0 Å². The summed E-state index contributed by atoms with van der Waals surface area (Å²) >= 11 is 1.74. The third-order valence-corrected chi connectivity index (χ3v) is 3.34. The maximum atomic E-state index is 5.41. The average Bonchev–Trinajstić information content (AvgIpc) is 2.54. The Morgan fingerprint density at radius 2 is 2.08 bits per heavy atom. The Morgan fingerprint density at radius 3 is 2.77 bits per heavy atom. The first kappa shape index (κ1) is 8.57. The molecular weight excluding hydrogens is 180 g/mol. The molecule has 68 valence electrons. The van der Waals surface area contributed by atoms with E-state index in [4.69, 9.17) is 4.74 Å². The van der Waals surface area contributed by atoms with Gasteiger partial charge in [-0.25, -0.2) is 0 Å². The van der Waals surface area contributed by atoms with Crippen molar-refractivity contribution in [3.05, 3.63) is 28.6 Å². The lowest BCUT2D eigenvalue weighted by Gasteiger charge is -2.08. The van der Waals surface area contributed by atoms with E-state index in [1.54, 1.807) is 18.4 Å². The van der Waals surface area contributed by atoms with Gasteiger partial charge in [0.1, 0.15) is 5.75 Å². The van der Waals surface area contributed by atoms with Gasteiger partial charge >= 0.3 is 0 Å². The van der Waals surface area contributed by atoms with Gasteiger partial charge in [0.2, 0.25) is 0 Å². The van der Waals surface area contributed by atoms with E-state index in [0.717, 1.165) is 5.75 Å². The summed E-state index contributed by atoms with van der Waals surface area (Å²) in [5, 5.41) is 3.39. The quantitative estimate of drug-likeness (QED) is 0.671. The molecular formula is C11H12OS. The smallest absolute Gasteiger partial charge is 0.139 e. The molecule has 0 atom stereocenters. The molecule has 0 saturated carbocycles. The van der Waals surface area contributed by atoms with Crippen LogP contribution in [0.3, 0.4) is 0 Å². The molecule has 0 spiro atoms. The number of aryl methyl sites for hydroxylation is 1. The Balaban J connectivity index is 2.87. The number of benzene rings is 1. The molecule has 0 saturated heterocycles. The molecule has 1 nitrogen and oxygen atoms in total. The first-order valence-electron chi connectivity index (χ1n) is 4.25. The number of rotatable bonds is 1. The van der Waals surface area contributed by atoms with Crippen LogP contribution < -0.4 is 4.74 Å². The van der Waals surface area contributed by atoms with E-state index in [9.17, 15) is 0 Å². The molecule has 2 aromatic rings. The molecule has 0 unspecified atom stereocenters. The van der Waals surface area contributed by atoms with E-state index in [-0.39, 0.29) is 0 Å². The van der Waals surface area contributed by atoms with Crippen molar-refractivity contribution in [3.8, 4) is 5.75 Å². The fourth-order valence-corrected chi connectivity index (χ4v) is 2.51. The topological polar surface area (TPSA) is 9.23 Å². The van der Waals surface area contributed by atoms with Gasteiger partial charge in [-0.05, 0) is 41.8 Å². The van der Waals surface area contributed by atoms with Crippen molar-refractivity contribution < 1.29 is 4.74 Å². The summed E-state index contributed by atoms with van der Waals surface area (Å²) in [5.41, 5.74) is 2.54. The summed E-state index contributed by atoms with van der Waals surface area (Å²) in [4.78, 5) is 0. The SMILES string of the molecule is COc1c(C)c(C)cc2ccsc12. The first-order chi connectivity index (χ1) is 6.24. The van der Waals surface area contributed by atoms with Gasteiger partial charge in [0.25, 0.3) is 0 Å². The molecule has 13 heavy (non-hydrogen) atoms. The highest BCUT2D eigenvalue weighted by Crippen LogP contribution is 2.35. The Morgan fingerprint density at radius 1 is 1.31 bits per heavy atom. The molecule has 0 aliphatic heterocycles. The van der Waals surface area contributed by atoms with Gasteiger partial charge in [0.05, 0.1) is 11.8 Å². The summed E-state index contributed by atoms with van der Waals surface area (Å²) < 4.78 is 6.66. The van der Waals surface area contributed by atoms with Crippen LogP contribution in [-0.4, -0.2) is 7.11 Å². The largest absolute Gasteiger partial charge is 0.495 e.